The summed E-state index contributed by atoms with van der Waals surface area (Å²) < 4.78 is 5.35. The molecule has 0 saturated heterocycles. The molecule has 174 valence electrons. The molecule has 0 fully saturated rings. The fourth-order valence-electron chi connectivity index (χ4n) is 5.91. The van der Waals surface area contributed by atoms with Gasteiger partial charge in [-0.05, 0) is 96.2 Å². The number of hydrogen-bond acceptors (Lipinski definition) is 4. The van der Waals surface area contributed by atoms with Gasteiger partial charge in [0.2, 0.25) is 0 Å². The molecule has 5 rings (SSSR count). The Labute approximate surface area is 201 Å². The van der Waals surface area contributed by atoms with E-state index in [1.165, 1.54) is 22.3 Å². The smallest absolute Gasteiger partial charge is 0.309 e. The zero-order valence-electron chi connectivity index (χ0n) is 19.8. The lowest BCUT2D eigenvalue weighted by Crippen LogP contribution is -2.28. The van der Waals surface area contributed by atoms with E-state index in [0.717, 1.165) is 30.4 Å². The van der Waals surface area contributed by atoms with Crippen LogP contribution < -0.4 is 5.73 Å². The highest BCUT2D eigenvalue weighted by Crippen LogP contribution is 2.48. The van der Waals surface area contributed by atoms with E-state index in [9.17, 15) is 9.59 Å². The molecule has 0 heterocycles. The Hall–Kier alpha value is -3.40. The van der Waals surface area contributed by atoms with E-state index in [4.69, 9.17) is 10.5 Å². The Morgan fingerprint density at radius 3 is 2.56 bits per heavy atom. The van der Waals surface area contributed by atoms with Crippen molar-refractivity contribution in [2.75, 3.05) is 12.3 Å². The van der Waals surface area contributed by atoms with Crippen LogP contribution in [-0.2, 0) is 22.4 Å². The molecule has 4 nitrogen and oxygen atoms in total. The quantitative estimate of drug-likeness (QED) is 0.289. The van der Waals surface area contributed by atoms with Gasteiger partial charge in [-0.2, -0.15) is 0 Å². The first-order valence-electron chi connectivity index (χ1n) is 12.3. The van der Waals surface area contributed by atoms with E-state index in [-0.39, 0.29) is 29.5 Å². The predicted molar refractivity (Wildman–Crippen MR) is 135 cm³/mol. The fraction of sp³-hybridized carbons (Fsp3) is 0.333. The van der Waals surface area contributed by atoms with Gasteiger partial charge in [-0.1, -0.05) is 43.3 Å². The van der Waals surface area contributed by atoms with Crippen LogP contribution in [0.2, 0.25) is 0 Å². The second-order valence-electron chi connectivity index (χ2n) is 9.53. The third-order valence-corrected chi connectivity index (χ3v) is 7.59. The molecule has 3 aromatic carbocycles. The summed E-state index contributed by atoms with van der Waals surface area (Å²) >= 11 is 0. The lowest BCUT2D eigenvalue weighted by molar-refractivity contribution is -0.148. The summed E-state index contributed by atoms with van der Waals surface area (Å²) in [4.78, 5) is 26.5. The van der Waals surface area contributed by atoms with Crippen molar-refractivity contribution < 1.29 is 14.3 Å². The molecule has 0 aromatic heterocycles. The van der Waals surface area contributed by atoms with Crippen LogP contribution in [0.3, 0.4) is 0 Å². The Morgan fingerprint density at radius 1 is 1.03 bits per heavy atom. The summed E-state index contributed by atoms with van der Waals surface area (Å²) in [6, 6.07) is 20.0. The van der Waals surface area contributed by atoms with E-state index in [1.54, 1.807) is 12.1 Å². The van der Waals surface area contributed by atoms with Gasteiger partial charge in [0, 0.05) is 11.3 Å². The minimum Gasteiger partial charge on any atom is -0.466 e. The van der Waals surface area contributed by atoms with Gasteiger partial charge in [-0.15, -0.1) is 0 Å². The maximum atomic E-state index is 13.9. The van der Waals surface area contributed by atoms with Crippen LogP contribution in [0.1, 0.15) is 71.1 Å². The minimum absolute atomic E-state index is 0.109. The van der Waals surface area contributed by atoms with Crippen molar-refractivity contribution in [3.8, 4) is 11.1 Å². The third-order valence-electron chi connectivity index (χ3n) is 7.59. The molecular weight excluding hydrogens is 422 g/mol. The zero-order valence-corrected chi connectivity index (χ0v) is 19.8. The van der Waals surface area contributed by atoms with Gasteiger partial charge in [-0.3, -0.25) is 9.59 Å². The van der Waals surface area contributed by atoms with Crippen LogP contribution in [0, 0.1) is 5.92 Å². The lowest BCUT2D eigenvalue weighted by Gasteiger charge is -2.36. The van der Waals surface area contributed by atoms with Crippen LogP contribution in [-0.4, -0.2) is 18.4 Å². The monoisotopic (exact) mass is 453 g/mol. The Bertz CT molecular complexity index is 1240. The van der Waals surface area contributed by atoms with Crippen LogP contribution in [0.4, 0.5) is 5.69 Å². The van der Waals surface area contributed by atoms with Crippen molar-refractivity contribution in [1.82, 2.24) is 0 Å². The van der Waals surface area contributed by atoms with Gasteiger partial charge in [-0.25, -0.2) is 0 Å². The number of fused-ring (bicyclic) bond motifs is 5. The normalized spacial score (nSPS) is 19.4. The van der Waals surface area contributed by atoms with E-state index in [1.807, 2.05) is 32.0 Å². The number of nitrogen functional groups attached to an aromatic ring is 1. The topological polar surface area (TPSA) is 69.4 Å². The first-order chi connectivity index (χ1) is 16.5. The summed E-state index contributed by atoms with van der Waals surface area (Å²) in [7, 11) is 0. The number of carbonyl (C=O) groups is 2. The summed E-state index contributed by atoms with van der Waals surface area (Å²) in [6.45, 7) is 4.21. The summed E-state index contributed by atoms with van der Waals surface area (Å²) in [5, 5.41) is 0. The first kappa shape index (κ1) is 22.4. The molecule has 2 aliphatic carbocycles. The van der Waals surface area contributed by atoms with Crippen LogP contribution in [0.25, 0.3) is 11.1 Å². The number of hydrogen-bond donors (Lipinski definition) is 1. The Kier molecular flexibility index (Phi) is 5.99. The number of Topliss-reactive ketones (excluding diaryl/α,β-unsaturated/α-hetero) is 1. The number of anilines is 1. The summed E-state index contributed by atoms with van der Waals surface area (Å²) in [6.07, 6.45) is 3.57. The number of ether oxygens (including phenoxy) is 1. The standard InChI is InChI=1S/C30H31NO3/c1-3-34-30(33)18(2)22-9-6-10-25-24(22)15-16-26-23-8-5-4-7-20(23)17-27(28(25)26)29(32)19-11-13-21(31)14-12-19/h4-5,7-8,11-16,18,22,27H,3,6,9-10,17,31H2,1-2H3. The van der Waals surface area contributed by atoms with Gasteiger partial charge in [0.15, 0.2) is 5.78 Å². The molecule has 0 bridgehead atoms. The molecule has 2 aliphatic rings. The van der Waals surface area contributed by atoms with E-state index < -0.39 is 0 Å². The van der Waals surface area contributed by atoms with Gasteiger partial charge < -0.3 is 10.5 Å². The Balaban J connectivity index is 1.65. The molecule has 3 atom stereocenters. The van der Waals surface area contributed by atoms with E-state index in [2.05, 4.69) is 30.3 Å². The second kappa shape index (κ2) is 9.09. The molecule has 34 heavy (non-hydrogen) atoms. The molecule has 4 heteroatoms. The zero-order chi connectivity index (χ0) is 23.8. The molecule has 0 radical (unpaired) electrons. The van der Waals surface area contributed by atoms with Gasteiger partial charge >= 0.3 is 5.97 Å². The molecule has 0 spiro atoms. The van der Waals surface area contributed by atoms with Crippen molar-refractivity contribution in [2.45, 2.75) is 51.4 Å². The molecular formula is C30H31NO3. The SMILES string of the molecule is CCOC(=O)C(C)C1CCCc2c1ccc1c2C(C(=O)c2ccc(N)cc2)Cc2ccccc2-1. The summed E-state index contributed by atoms with van der Waals surface area (Å²) in [5.41, 5.74) is 14.4. The van der Waals surface area contributed by atoms with Crippen molar-refractivity contribution >= 4 is 17.4 Å². The van der Waals surface area contributed by atoms with Crippen LogP contribution in [0.15, 0.2) is 60.7 Å². The lowest BCUT2D eigenvalue weighted by atomic mass is 9.68. The molecule has 3 unspecified atom stereocenters. The molecule has 0 aliphatic heterocycles. The molecule has 3 aromatic rings. The second-order valence-corrected chi connectivity index (χ2v) is 9.53. The predicted octanol–water partition coefficient (Wildman–Crippen LogP) is 6.08. The van der Waals surface area contributed by atoms with Crippen molar-refractivity contribution in [2.24, 2.45) is 5.92 Å². The number of benzene rings is 3. The van der Waals surface area contributed by atoms with Gasteiger partial charge in [0.25, 0.3) is 0 Å². The number of ketones is 1. The third kappa shape index (κ3) is 3.81. The summed E-state index contributed by atoms with van der Waals surface area (Å²) in [5.74, 6) is -0.362. The number of nitrogens with two attached hydrogens (primary N) is 1. The van der Waals surface area contributed by atoms with Gasteiger partial charge in [0.05, 0.1) is 18.4 Å². The van der Waals surface area contributed by atoms with Crippen molar-refractivity contribution in [3.05, 3.63) is 88.5 Å². The molecule has 0 saturated carbocycles. The number of esters is 1. The molecule has 0 amide bonds. The maximum Gasteiger partial charge on any atom is 0.309 e. The maximum absolute atomic E-state index is 13.9. The first-order valence-corrected chi connectivity index (χ1v) is 12.3. The van der Waals surface area contributed by atoms with Crippen molar-refractivity contribution in [3.63, 3.8) is 0 Å². The average Bonchev–Trinajstić information content (AvgIpc) is 2.87. The van der Waals surface area contributed by atoms with Crippen LogP contribution >= 0.6 is 0 Å². The molecule has 2 N–H and O–H groups in total. The van der Waals surface area contributed by atoms with E-state index in [0.29, 0.717) is 24.3 Å². The highest BCUT2D eigenvalue weighted by Gasteiger charge is 2.37. The van der Waals surface area contributed by atoms with Gasteiger partial charge in [0.1, 0.15) is 0 Å². The highest BCUT2D eigenvalue weighted by molar-refractivity contribution is 6.03. The largest absolute Gasteiger partial charge is 0.466 e. The minimum atomic E-state index is -0.250. The van der Waals surface area contributed by atoms with E-state index >= 15 is 0 Å². The fourth-order valence-corrected chi connectivity index (χ4v) is 5.91. The average molecular weight is 454 g/mol. The number of carbonyl (C=O) groups excluding carboxylic acids is 2. The van der Waals surface area contributed by atoms with Crippen LogP contribution in [0.5, 0.6) is 0 Å². The van der Waals surface area contributed by atoms with Crippen molar-refractivity contribution in [1.29, 1.82) is 0 Å². The Morgan fingerprint density at radius 2 is 1.79 bits per heavy atom. The number of rotatable bonds is 5. The highest BCUT2D eigenvalue weighted by atomic mass is 16.5.